The molecule has 8 nitrogen and oxygen atoms in total. The van der Waals surface area contributed by atoms with Crippen LogP contribution in [0.2, 0.25) is 0 Å². The van der Waals surface area contributed by atoms with E-state index >= 15 is 0 Å². The lowest BCUT2D eigenvalue weighted by Crippen LogP contribution is -2.14. The predicted molar refractivity (Wildman–Crippen MR) is 124 cm³/mol. The van der Waals surface area contributed by atoms with Crippen LogP contribution in [0.25, 0.3) is 0 Å². The van der Waals surface area contributed by atoms with Crippen molar-refractivity contribution in [2.24, 2.45) is 0 Å². The minimum Gasteiger partial charge on any atom is -0.494 e. The maximum absolute atomic E-state index is 12.6. The molecule has 3 aromatic carbocycles. The summed E-state index contributed by atoms with van der Waals surface area (Å²) in [6.07, 6.45) is 0. The summed E-state index contributed by atoms with van der Waals surface area (Å²) in [4.78, 5) is 23.8. The van der Waals surface area contributed by atoms with Gasteiger partial charge in [0.2, 0.25) is 5.91 Å². The Morgan fingerprint density at radius 2 is 1.47 bits per heavy atom. The first kappa shape index (κ1) is 22.8. The molecule has 3 aromatic rings. The quantitative estimate of drug-likeness (QED) is 0.475. The first-order chi connectivity index (χ1) is 15.3. The van der Waals surface area contributed by atoms with Crippen LogP contribution >= 0.6 is 0 Å². The molecule has 0 unspecified atom stereocenters. The number of ether oxygens (including phenoxy) is 1. The van der Waals surface area contributed by atoms with Gasteiger partial charge in [-0.1, -0.05) is 6.07 Å². The van der Waals surface area contributed by atoms with E-state index < -0.39 is 10.0 Å². The molecule has 0 aliphatic carbocycles. The molecule has 9 heteroatoms. The number of benzene rings is 3. The zero-order valence-corrected chi connectivity index (χ0v) is 18.4. The van der Waals surface area contributed by atoms with Crippen LogP contribution < -0.4 is 20.1 Å². The molecular formula is C23H23N3O5S. The number of carbonyl (C=O) groups is 2. The van der Waals surface area contributed by atoms with Crippen molar-refractivity contribution < 1.29 is 22.7 Å². The SMILES string of the molecule is CCOc1ccc(S(=O)(=O)Nc2ccc(C(=O)Nc3cccc(NC(C)=O)c3)cc2)cc1. The Kier molecular flexibility index (Phi) is 7.11. The number of amides is 2. The number of hydrogen-bond donors (Lipinski definition) is 3. The average Bonchev–Trinajstić information content (AvgIpc) is 2.74. The molecule has 0 bridgehead atoms. The minimum atomic E-state index is -3.78. The number of rotatable bonds is 8. The van der Waals surface area contributed by atoms with E-state index in [0.717, 1.165) is 0 Å². The van der Waals surface area contributed by atoms with Gasteiger partial charge in [0.1, 0.15) is 5.75 Å². The summed E-state index contributed by atoms with van der Waals surface area (Å²) >= 11 is 0. The van der Waals surface area contributed by atoms with Crippen LogP contribution in [0.15, 0.2) is 77.7 Å². The third-order valence-electron chi connectivity index (χ3n) is 4.29. The number of carbonyl (C=O) groups excluding carboxylic acids is 2. The Bertz CT molecular complexity index is 1210. The summed E-state index contributed by atoms with van der Waals surface area (Å²) in [6.45, 7) is 3.74. The normalized spacial score (nSPS) is 10.8. The number of anilines is 3. The van der Waals surface area contributed by atoms with Gasteiger partial charge >= 0.3 is 0 Å². The second kappa shape index (κ2) is 9.97. The van der Waals surface area contributed by atoms with Gasteiger partial charge in [-0.15, -0.1) is 0 Å². The summed E-state index contributed by atoms with van der Waals surface area (Å²) in [5, 5.41) is 5.39. The smallest absolute Gasteiger partial charge is 0.261 e. The number of sulfonamides is 1. The van der Waals surface area contributed by atoms with Crippen LogP contribution in [0, 0.1) is 0 Å². The van der Waals surface area contributed by atoms with Crippen LogP contribution in [0.1, 0.15) is 24.2 Å². The fraction of sp³-hybridized carbons (Fsp3) is 0.130. The second-order valence-corrected chi connectivity index (χ2v) is 8.49. The standard InChI is InChI=1S/C23H23N3O5S/c1-3-31-21-11-13-22(14-12-21)32(29,30)26-18-9-7-17(8-10-18)23(28)25-20-6-4-5-19(15-20)24-16(2)27/h4-15,26H,3H2,1-2H3,(H,24,27)(H,25,28). The summed E-state index contributed by atoms with van der Waals surface area (Å²) in [5.74, 6) is 0.00655. The molecule has 0 fully saturated rings. The van der Waals surface area contributed by atoms with Gasteiger partial charge in [-0.2, -0.15) is 0 Å². The summed E-state index contributed by atoms with van der Waals surface area (Å²) in [7, 11) is -3.78. The maximum Gasteiger partial charge on any atom is 0.261 e. The fourth-order valence-electron chi connectivity index (χ4n) is 2.87. The number of nitrogens with one attached hydrogen (secondary N) is 3. The van der Waals surface area contributed by atoms with E-state index in [1.54, 1.807) is 36.4 Å². The molecular weight excluding hydrogens is 430 g/mol. The highest BCUT2D eigenvalue weighted by Crippen LogP contribution is 2.21. The summed E-state index contributed by atoms with van der Waals surface area (Å²) in [5.41, 5.74) is 1.75. The highest BCUT2D eigenvalue weighted by atomic mass is 32.2. The maximum atomic E-state index is 12.6. The molecule has 32 heavy (non-hydrogen) atoms. The van der Waals surface area contributed by atoms with Gasteiger partial charge in [-0.25, -0.2) is 8.42 Å². The van der Waals surface area contributed by atoms with Crippen molar-refractivity contribution in [2.75, 3.05) is 22.0 Å². The zero-order chi connectivity index (χ0) is 23.1. The summed E-state index contributed by atoms with van der Waals surface area (Å²) < 4.78 is 33.0. The van der Waals surface area contributed by atoms with Crippen molar-refractivity contribution in [3.8, 4) is 5.75 Å². The van der Waals surface area contributed by atoms with Crippen LogP contribution in [-0.2, 0) is 14.8 Å². The van der Waals surface area contributed by atoms with E-state index in [4.69, 9.17) is 4.74 Å². The molecule has 0 aliphatic rings. The van der Waals surface area contributed by atoms with Crippen molar-refractivity contribution in [3.63, 3.8) is 0 Å². The van der Waals surface area contributed by atoms with E-state index in [9.17, 15) is 18.0 Å². The van der Waals surface area contributed by atoms with Gasteiger partial charge in [0, 0.05) is 29.5 Å². The molecule has 0 saturated carbocycles. The molecule has 2 amide bonds. The van der Waals surface area contributed by atoms with E-state index in [-0.39, 0.29) is 16.7 Å². The van der Waals surface area contributed by atoms with Gasteiger partial charge < -0.3 is 15.4 Å². The molecule has 0 saturated heterocycles. The Morgan fingerprint density at radius 1 is 0.844 bits per heavy atom. The third-order valence-corrected chi connectivity index (χ3v) is 5.68. The fourth-order valence-corrected chi connectivity index (χ4v) is 3.93. The van der Waals surface area contributed by atoms with Crippen LogP contribution in [0.5, 0.6) is 5.75 Å². The topological polar surface area (TPSA) is 114 Å². The van der Waals surface area contributed by atoms with Gasteiger partial charge in [0.05, 0.1) is 11.5 Å². The Labute approximate surface area is 186 Å². The Hall–Kier alpha value is -3.85. The monoisotopic (exact) mass is 453 g/mol. The highest BCUT2D eigenvalue weighted by Gasteiger charge is 2.15. The van der Waals surface area contributed by atoms with Crippen molar-refractivity contribution >= 4 is 38.9 Å². The zero-order valence-electron chi connectivity index (χ0n) is 17.6. The van der Waals surface area contributed by atoms with Crippen molar-refractivity contribution in [1.29, 1.82) is 0 Å². The molecule has 0 heterocycles. The molecule has 0 aromatic heterocycles. The number of hydrogen-bond acceptors (Lipinski definition) is 5. The van der Waals surface area contributed by atoms with Crippen molar-refractivity contribution in [1.82, 2.24) is 0 Å². The molecule has 0 aliphatic heterocycles. The first-order valence-electron chi connectivity index (χ1n) is 9.81. The largest absolute Gasteiger partial charge is 0.494 e. The average molecular weight is 454 g/mol. The summed E-state index contributed by atoms with van der Waals surface area (Å²) in [6, 6.07) is 18.9. The second-order valence-electron chi connectivity index (χ2n) is 6.80. The van der Waals surface area contributed by atoms with E-state index in [1.807, 2.05) is 6.92 Å². The van der Waals surface area contributed by atoms with E-state index in [2.05, 4.69) is 15.4 Å². The van der Waals surface area contributed by atoms with Crippen LogP contribution in [-0.4, -0.2) is 26.8 Å². The van der Waals surface area contributed by atoms with E-state index in [1.165, 1.54) is 43.3 Å². The van der Waals surface area contributed by atoms with E-state index in [0.29, 0.717) is 35.0 Å². The Balaban J connectivity index is 1.66. The van der Waals surface area contributed by atoms with Gasteiger partial charge in [-0.3, -0.25) is 14.3 Å². The Morgan fingerprint density at radius 3 is 2.06 bits per heavy atom. The predicted octanol–water partition coefficient (Wildman–Crippen LogP) is 4.10. The minimum absolute atomic E-state index is 0.0989. The van der Waals surface area contributed by atoms with Crippen LogP contribution in [0.4, 0.5) is 17.1 Å². The van der Waals surface area contributed by atoms with Gasteiger partial charge in [-0.05, 0) is 73.7 Å². The molecule has 0 radical (unpaired) electrons. The molecule has 3 rings (SSSR count). The molecule has 0 atom stereocenters. The highest BCUT2D eigenvalue weighted by molar-refractivity contribution is 7.92. The van der Waals surface area contributed by atoms with Gasteiger partial charge in [0.15, 0.2) is 0 Å². The lowest BCUT2D eigenvalue weighted by Gasteiger charge is -2.10. The van der Waals surface area contributed by atoms with Crippen LogP contribution in [0.3, 0.4) is 0 Å². The first-order valence-corrected chi connectivity index (χ1v) is 11.3. The van der Waals surface area contributed by atoms with Crippen molar-refractivity contribution in [3.05, 3.63) is 78.4 Å². The molecule has 0 spiro atoms. The molecule has 166 valence electrons. The van der Waals surface area contributed by atoms with Gasteiger partial charge in [0.25, 0.3) is 15.9 Å². The third kappa shape index (κ3) is 6.08. The lowest BCUT2D eigenvalue weighted by molar-refractivity contribution is -0.114. The lowest BCUT2D eigenvalue weighted by atomic mass is 10.2. The van der Waals surface area contributed by atoms with Crippen molar-refractivity contribution in [2.45, 2.75) is 18.7 Å². The molecule has 3 N–H and O–H groups in total.